The summed E-state index contributed by atoms with van der Waals surface area (Å²) in [5.74, 6) is -0.596. The smallest absolute Gasteiger partial charge is 0.355 e. The van der Waals surface area contributed by atoms with Crippen LogP contribution in [0.2, 0.25) is 0 Å². The third-order valence-electron chi connectivity index (χ3n) is 6.60. The fourth-order valence-electron chi connectivity index (χ4n) is 4.71. The van der Waals surface area contributed by atoms with Crippen LogP contribution in [0, 0.1) is 5.92 Å². The van der Waals surface area contributed by atoms with Crippen molar-refractivity contribution < 1.29 is 18.0 Å². The molecule has 0 bridgehead atoms. The van der Waals surface area contributed by atoms with Gasteiger partial charge in [0, 0.05) is 51.7 Å². The fraction of sp³-hybridized carbons (Fsp3) is 0.478. The van der Waals surface area contributed by atoms with E-state index in [1.165, 1.54) is 11.6 Å². The average Bonchev–Trinajstić information content (AvgIpc) is 3.29. The van der Waals surface area contributed by atoms with Gasteiger partial charge in [0.15, 0.2) is 5.65 Å². The molecule has 2 fully saturated rings. The van der Waals surface area contributed by atoms with Gasteiger partial charge in [-0.2, -0.15) is 17.7 Å². The largest absolute Gasteiger partial charge is 0.453 e. The third kappa shape index (κ3) is 4.70. The summed E-state index contributed by atoms with van der Waals surface area (Å²) in [4.78, 5) is 19.3. The van der Waals surface area contributed by atoms with Crippen LogP contribution in [0.1, 0.15) is 24.2 Å². The number of alkyl halides is 3. The van der Waals surface area contributed by atoms with Gasteiger partial charge in [0.25, 0.3) is 5.82 Å². The standard InChI is InChI=1S/C23H26F3N7O/c24-23(25,26)22-28-27-19-6-7-20(29-33(19)22)31-10-8-18(9-11-31)21(34)32-14-12-30(13-15-32)16-17-4-2-1-3-5-17/h1-7,18H,8-16H2. The van der Waals surface area contributed by atoms with Gasteiger partial charge < -0.3 is 9.80 Å². The lowest BCUT2D eigenvalue weighted by Gasteiger charge is -2.38. The number of rotatable bonds is 4. The van der Waals surface area contributed by atoms with Crippen LogP contribution in [0.4, 0.5) is 19.0 Å². The molecule has 0 radical (unpaired) electrons. The van der Waals surface area contributed by atoms with E-state index in [0.717, 1.165) is 37.2 Å². The highest BCUT2D eigenvalue weighted by Gasteiger charge is 2.38. The van der Waals surface area contributed by atoms with E-state index in [4.69, 9.17) is 0 Å². The summed E-state index contributed by atoms with van der Waals surface area (Å²) >= 11 is 0. The maximum absolute atomic E-state index is 13.2. The van der Waals surface area contributed by atoms with Crippen molar-refractivity contribution in [1.29, 1.82) is 0 Å². The topological polar surface area (TPSA) is 69.9 Å². The van der Waals surface area contributed by atoms with Gasteiger partial charge in [-0.1, -0.05) is 30.3 Å². The Kier molecular flexibility index (Phi) is 6.11. The van der Waals surface area contributed by atoms with E-state index in [9.17, 15) is 18.0 Å². The molecule has 0 saturated carbocycles. The van der Waals surface area contributed by atoms with Gasteiger partial charge in [-0.3, -0.25) is 9.69 Å². The van der Waals surface area contributed by atoms with Gasteiger partial charge in [0.1, 0.15) is 5.82 Å². The minimum Gasteiger partial charge on any atom is -0.355 e. The molecular formula is C23H26F3N7O. The van der Waals surface area contributed by atoms with Crippen molar-refractivity contribution in [2.24, 2.45) is 5.92 Å². The number of aromatic nitrogens is 4. The van der Waals surface area contributed by atoms with E-state index in [2.05, 4.69) is 32.3 Å². The van der Waals surface area contributed by atoms with Gasteiger partial charge in [0.05, 0.1) is 0 Å². The Morgan fingerprint density at radius 1 is 0.912 bits per heavy atom. The van der Waals surface area contributed by atoms with Crippen LogP contribution in [0.25, 0.3) is 5.65 Å². The van der Waals surface area contributed by atoms with Crippen molar-refractivity contribution >= 4 is 17.4 Å². The van der Waals surface area contributed by atoms with Crippen molar-refractivity contribution in [3.63, 3.8) is 0 Å². The highest BCUT2D eigenvalue weighted by atomic mass is 19.4. The Hall–Kier alpha value is -3.21. The maximum atomic E-state index is 13.2. The van der Waals surface area contributed by atoms with Crippen molar-refractivity contribution in [2.75, 3.05) is 44.2 Å². The fourth-order valence-corrected chi connectivity index (χ4v) is 4.71. The number of anilines is 1. The molecule has 2 saturated heterocycles. The van der Waals surface area contributed by atoms with E-state index in [-0.39, 0.29) is 17.5 Å². The first kappa shape index (κ1) is 22.6. The molecule has 0 unspecified atom stereocenters. The first-order chi connectivity index (χ1) is 16.4. The maximum Gasteiger partial charge on any atom is 0.453 e. The Morgan fingerprint density at radius 2 is 1.62 bits per heavy atom. The van der Waals surface area contributed by atoms with Crippen molar-refractivity contribution in [1.82, 2.24) is 29.6 Å². The molecule has 180 valence electrons. The minimum absolute atomic E-state index is 0.0487. The molecule has 5 rings (SSSR count). The van der Waals surface area contributed by atoms with Crippen LogP contribution in [0.3, 0.4) is 0 Å². The number of piperazine rings is 1. The molecule has 11 heteroatoms. The minimum atomic E-state index is -4.63. The monoisotopic (exact) mass is 473 g/mol. The highest BCUT2D eigenvalue weighted by molar-refractivity contribution is 5.79. The molecule has 0 atom stereocenters. The summed E-state index contributed by atoms with van der Waals surface area (Å²) < 4.78 is 40.2. The van der Waals surface area contributed by atoms with Crippen LogP contribution in [0.15, 0.2) is 42.5 Å². The summed E-state index contributed by atoms with van der Waals surface area (Å²) in [6.45, 7) is 5.16. The summed E-state index contributed by atoms with van der Waals surface area (Å²) in [6, 6.07) is 13.5. The third-order valence-corrected chi connectivity index (χ3v) is 6.60. The molecule has 2 aromatic heterocycles. The van der Waals surface area contributed by atoms with Crippen LogP contribution >= 0.6 is 0 Å². The van der Waals surface area contributed by atoms with E-state index in [1.54, 1.807) is 6.07 Å². The van der Waals surface area contributed by atoms with E-state index in [1.807, 2.05) is 28.0 Å². The number of carbonyl (C=O) groups is 1. The van der Waals surface area contributed by atoms with Gasteiger partial charge in [0.2, 0.25) is 5.91 Å². The van der Waals surface area contributed by atoms with Crippen LogP contribution < -0.4 is 4.90 Å². The van der Waals surface area contributed by atoms with E-state index in [0.29, 0.717) is 31.7 Å². The van der Waals surface area contributed by atoms with Crippen molar-refractivity contribution in [3.8, 4) is 0 Å². The Balaban J connectivity index is 1.15. The second kappa shape index (κ2) is 9.21. The lowest BCUT2D eigenvalue weighted by Crippen LogP contribution is -2.51. The SMILES string of the molecule is O=C(C1CCN(c2ccc3nnc(C(F)(F)F)n3n2)CC1)N1CCN(Cc2ccccc2)CC1. The van der Waals surface area contributed by atoms with Crippen LogP contribution in [0.5, 0.6) is 0 Å². The zero-order chi connectivity index (χ0) is 23.7. The Morgan fingerprint density at radius 3 is 2.29 bits per heavy atom. The quantitative estimate of drug-likeness (QED) is 0.581. The molecule has 1 aromatic carbocycles. The first-order valence-corrected chi connectivity index (χ1v) is 11.5. The molecule has 34 heavy (non-hydrogen) atoms. The molecule has 4 heterocycles. The Labute approximate surface area is 195 Å². The van der Waals surface area contributed by atoms with Crippen molar-refractivity contribution in [2.45, 2.75) is 25.6 Å². The van der Waals surface area contributed by atoms with Crippen LogP contribution in [-0.2, 0) is 17.5 Å². The van der Waals surface area contributed by atoms with Gasteiger partial charge in [-0.15, -0.1) is 15.3 Å². The molecule has 8 nitrogen and oxygen atoms in total. The zero-order valence-electron chi connectivity index (χ0n) is 18.7. The first-order valence-electron chi connectivity index (χ1n) is 11.5. The number of carbonyl (C=O) groups excluding carboxylic acids is 1. The molecule has 2 aliphatic rings. The van der Waals surface area contributed by atoms with Crippen molar-refractivity contribution in [3.05, 3.63) is 53.9 Å². The van der Waals surface area contributed by atoms with Gasteiger partial charge >= 0.3 is 6.18 Å². The summed E-state index contributed by atoms with van der Waals surface area (Å²) in [5, 5.41) is 10.9. The number of benzene rings is 1. The van der Waals surface area contributed by atoms with E-state index < -0.39 is 12.0 Å². The molecule has 0 N–H and O–H groups in total. The van der Waals surface area contributed by atoms with E-state index >= 15 is 0 Å². The molecule has 3 aromatic rings. The number of hydrogen-bond acceptors (Lipinski definition) is 6. The van der Waals surface area contributed by atoms with Gasteiger partial charge in [-0.25, -0.2) is 0 Å². The molecule has 2 aliphatic heterocycles. The van der Waals surface area contributed by atoms with Crippen LogP contribution in [-0.4, -0.2) is 74.8 Å². The number of hydrogen-bond donors (Lipinski definition) is 0. The lowest BCUT2D eigenvalue weighted by molar-refractivity contribution is -0.146. The molecule has 0 spiro atoms. The lowest BCUT2D eigenvalue weighted by atomic mass is 9.95. The zero-order valence-corrected chi connectivity index (χ0v) is 18.7. The normalized spacial score (nSPS) is 18.6. The predicted octanol–water partition coefficient (Wildman–Crippen LogP) is 2.70. The summed E-state index contributed by atoms with van der Waals surface area (Å²) in [5.41, 5.74) is 1.32. The summed E-state index contributed by atoms with van der Waals surface area (Å²) in [7, 11) is 0. The number of piperidine rings is 1. The second-order valence-electron chi connectivity index (χ2n) is 8.83. The average molecular weight is 474 g/mol. The molecule has 1 amide bonds. The highest BCUT2D eigenvalue weighted by Crippen LogP contribution is 2.29. The number of amides is 1. The number of nitrogens with zero attached hydrogens (tertiary/aromatic N) is 7. The molecule has 0 aliphatic carbocycles. The summed E-state index contributed by atoms with van der Waals surface area (Å²) in [6.07, 6.45) is -3.33. The number of fused-ring (bicyclic) bond motifs is 1. The number of halogens is 3. The second-order valence-corrected chi connectivity index (χ2v) is 8.83. The Bertz CT molecular complexity index is 1130. The molecular weight excluding hydrogens is 447 g/mol. The predicted molar refractivity (Wildman–Crippen MR) is 119 cm³/mol. The van der Waals surface area contributed by atoms with Gasteiger partial charge in [-0.05, 0) is 30.5 Å².